The number of Topliss-reactive ketones (excluding diaryl/α,β-unsaturated/α-hetero) is 1. The van der Waals surface area contributed by atoms with Gasteiger partial charge in [0.15, 0.2) is 5.78 Å². The SMILES string of the molecule is COC(=O)/C1=C/c2cc(Br)ccc2NC2=C(C1)C(=O)CCC2. The topological polar surface area (TPSA) is 55.4 Å². The number of carbonyl (C=O) groups excluding carboxylic acids is 2. The van der Waals surface area contributed by atoms with Crippen LogP contribution in [0.4, 0.5) is 5.69 Å². The zero-order valence-corrected chi connectivity index (χ0v) is 13.8. The molecule has 1 N–H and O–H groups in total. The van der Waals surface area contributed by atoms with Crippen molar-refractivity contribution in [2.75, 3.05) is 12.4 Å². The monoisotopic (exact) mass is 361 g/mol. The minimum Gasteiger partial charge on any atom is -0.466 e. The van der Waals surface area contributed by atoms with Gasteiger partial charge in [0, 0.05) is 39.8 Å². The molecule has 0 spiro atoms. The third-order valence-electron chi connectivity index (χ3n) is 3.98. The van der Waals surface area contributed by atoms with E-state index in [1.165, 1.54) is 7.11 Å². The van der Waals surface area contributed by atoms with Gasteiger partial charge in [-0.2, -0.15) is 0 Å². The molecule has 114 valence electrons. The van der Waals surface area contributed by atoms with Crippen LogP contribution in [0.2, 0.25) is 0 Å². The average molecular weight is 362 g/mol. The lowest BCUT2D eigenvalue weighted by atomic mass is 9.88. The molecule has 22 heavy (non-hydrogen) atoms. The zero-order valence-electron chi connectivity index (χ0n) is 12.2. The fourth-order valence-electron chi connectivity index (χ4n) is 2.86. The maximum atomic E-state index is 12.2. The lowest BCUT2D eigenvalue weighted by Crippen LogP contribution is -2.20. The van der Waals surface area contributed by atoms with Crippen LogP contribution in [-0.4, -0.2) is 18.9 Å². The molecule has 0 aromatic heterocycles. The van der Waals surface area contributed by atoms with E-state index in [0.29, 0.717) is 24.0 Å². The second kappa shape index (κ2) is 6.08. The lowest BCUT2D eigenvalue weighted by molar-refractivity contribution is -0.136. The van der Waals surface area contributed by atoms with Gasteiger partial charge < -0.3 is 10.1 Å². The number of nitrogens with one attached hydrogen (secondary N) is 1. The van der Waals surface area contributed by atoms with Gasteiger partial charge in [0.25, 0.3) is 0 Å². The van der Waals surface area contributed by atoms with E-state index in [2.05, 4.69) is 21.2 Å². The molecule has 0 fully saturated rings. The molecule has 0 radical (unpaired) electrons. The first-order valence-electron chi connectivity index (χ1n) is 7.19. The number of carbonyl (C=O) groups is 2. The summed E-state index contributed by atoms with van der Waals surface area (Å²) in [5.74, 6) is -0.276. The first-order chi connectivity index (χ1) is 10.6. The van der Waals surface area contributed by atoms with Crippen molar-refractivity contribution >= 4 is 39.4 Å². The number of rotatable bonds is 1. The van der Waals surface area contributed by atoms with E-state index in [9.17, 15) is 9.59 Å². The minimum absolute atomic E-state index is 0.115. The van der Waals surface area contributed by atoms with Crippen LogP contribution in [0.25, 0.3) is 6.08 Å². The zero-order chi connectivity index (χ0) is 15.7. The van der Waals surface area contributed by atoms with Crippen LogP contribution < -0.4 is 5.32 Å². The number of ketones is 1. The van der Waals surface area contributed by atoms with Crippen LogP contribution in [0.5, 0.6) is 0 Å². The Hall–Kier alpha value is -1.88. The van der Waals surface area contributed by atoms with Gasteiger partial charge in [-0.1, -0.05) is 15.9 Å². The van der Waals surface area contributed by atoms with Gasteiger partial charge in [-0.25, -0.2) is 4.79 Å². The molecule has 0 bridgehead atoms. The Morgan fingerprint density at radius 2 is 2.14 bits per heavy atom. The highest BCUT2D eigenvalue weighted by atomic mass is 79.9. The minimum atomic E-state index is -0.391. The number of hydrogen-bond donors (Lipinski definition) is 1. The summed E-state index contributed by atoms with van der Waals surface area (Å²) in [4.78, 5) is 24.3. The molecule has 1 aromatic carbocycles. The Bertz CT molecular complexity index is 719. The van der Waals surface area contributed by atoms with Gasteiger partial charge in [-0.3, -0.25) is 4.79 Å². The van der Waals surface area contributed by atoms with Crippen molar-refractivity contribution in [1.29, 1.82) is 0 Å². The van der Waals surface area contributed by atoms with Crippen molar-refractivity contribution in [3.8, 4) is 0 Å². The summed E-state index contributed by atoms with van der Waals surface area (Å²) in [6.45, 7) is 0. The maximum absolute atomic E-state index is 12.2. The Kier molecular flexibility index (Phi) is 4.16. The number of anilines is 1. The predicted octanol–water partition coefficient (Wildman–Crippen LogP) is 3.83. The van der Waals surface area contributed by atoms with Gasteiger partial charge in [0.05, 0.1) is 7.11 Å². The lowest BCUT2D eigenvalue weighted by Gasteiger charge is -2.24. The molecule has 0 unspecified atom stereocenters. The molecule has 1 aliphatic carbocycles. The number of fused-ring (bicyclic) bond motifs is 1. The van der Waals surface area contributed by atoms with E-state index < -0.39 is 5.97 Å². The van der Waals surface area contributed by atoms with Crippen LogP contribution in [0, 0.1) is 0 Å². The Morgan fingerprint density at radius 1 is 1.32 bits per heavy atom. The molecule has 0 saturated carbocycles. The van der Waals surface area contributed by atoms with Crippen molar-refractivity contribution in [3.05, 3.63) is 45.1 Å². The summed E-state index contributed by atoms with van der Waals surface area (Å²) in [5.41, 5.74) is 3.93. The molecule has 0 amide bonds. The summed E-state index contributed by atoms with van der Waals surface area (Å²) in [6.07, 6.45) is 4.32. The molecule has 1 aromatic rings. The second-order valence-corrected chi connectivity index (χ2v) is 6.34. The van der Waals surface area contributed by atoms with Crippen molar-refractivity contribution < 1.29 is 14.3 Å². The maximum Gasteiger partial charge on any atom is 0.334 e. The summed E-state index contributed by atoms with van der Waals surface area (Å²) in [5, 5.41) is 3.38. The van der Waals surface area contributed by atoms with E-state index in [1.807, 2.05) is 18.2 Å². The number of allylic oxidation sites excluding steroid dienone is 2. The van der Waals surface area contributed by atoms with Gasteiger partial charge in [0.2, 0.25) is 0 Å². The third-order valence-corrected chi connectivity index (χ3v) is 4.47. The largest absolute Gasteiger partial charge is 0.466 e. The van der Waals surface area contributed by atoms with Gasteiger partial charge in [0.1, 0.15) is 0 Å². The molecule has 0 atom stereocenters. The van der Waals surface area contributed by atoms with E-state index in [-0.39, 0.29) is 5.78 Å². The second-order valence-electron chi connectivity index (χ2n) is 5.43. The quantitative estimate of drug-likeness (QED) is 0.772. The molecule has 1 heterocycles. The molecular formula is C17H16BrNO3. The number of methoxy groups -OCH3 is 1. The van der Waals surface area contributed by atoms with Crippen molar-refractivity contribution in [1.82, 2.24) is 0 Å². The highest BCUT2D eigenvalue weighted by Gasteiger charge is 2.26. The van der Waals surface area contributed by atoms with Crippen molar-refractivity contribution in [3.63, 3.8) is 0 Å². The normalized spacial score (nSPS) is 19.9. The van der Waals surface area contributed by atoms with Crippen molar-refractivity contribution in [2.45, 2.75) is 25.7 Å². The number of esters is 1. The number of halogens is 1. The number of benzene rings is 1. The van der Waals surface area contributed by atoms with Crippen LogP contribution >= 0.6 is 15.9 Å². The van der Waals surface area contributed by atoms with Crippen molar-refractivity contribution in [2.24, 2.45) is 0 Å². The smallest absolute Gasteiger partial charge is 0.334 e. The van der Waals surface area contributed by atoms with Gasteiger partial charge in [-0.05, 0) is 42.7 Å². The summed E-state index contributed by atoms with van der Waals surface area (Å²) in [6, 6.07) is 5.82. The van der Waals surface area contributed by atoms with E-state index in [1.54, 1.807) is 6.08 Å². The molecule has 1 aliphatic heterocycles. The van der Waals surface area contributed by atoms with Gasteiger partial charge in [-0.15, -0.1) is 0 Å². The van der Waals surface area contributed by atoms with E-state index in [4.69, 9.17) is 4.74 Å². The average Bonchev–Trinajstić information content (AvgIpc) is 2.49. The standard InChI is InChI=1S/C17H16BrNO3/c1-22-17(21)11-7-10-8-12(18)5-6-14(10)19-15-3-2-4-16(20)13(15)9-11/h5-8,19H,2-4,9H2,1H3/b11-7+. The Labute approximate surface area is 137 Å². The van der Waals surface area contributed by atoms with Crippen LogP contribution in [-0.2, 0) is 14.3 Å². The first-order valence-corrected chi connectivity index (χ1v) is 7.98. The fraction of sp³-hybridized carbons (Fsp3) is 0.294. The Balaban J connectivity index is 2.15. The van der Waals surface area contributed by atoms with Crippen LogP contribution in [0.15, 0.2) is 39.5 Å². The summed E-state index contributed by atoms with van der Waals surface area (Å²) >= 11 is 3.45. The molecular weight excluding hydrogens is 346 g/mol. The molecule has 3 rings (SSSR count). The van der Waals surface area contributed by atoms with Crippen LogP contribution in [0.1, 0.15) is 31.2 Å². The number of hydrogen-bond acceptors (Lipinski definition) is 4. The van der Waals surface area contributed by atoms with E-state index >= 15 is 0 Å². The van der Waals surface area contributed by atoms with Gasteiger partial charge >= 0.3 is 5.97 Å². The first kappa shape index (κ1) is 15.0. The highest BCUT2D eigenvalue weighted by molar-refractivity contribution is 9.10. The predicted molar refractivity (Wildman–Crippen MR) is 88.3 cm³/mol. The summed E-state index contributed by atoms with van der Waals surface area (Å²) < 4.78 is 5.81. The molecule has 4 nitrogen and oxygen atoms in total. The Morgan fingerprint density at radius 3 is 2.91 bits per heavy atom. The molecule has 0 saturated heterocycles. The van der Waals surface area contributed by atoms with Crippen LogP contribution in [0.3, 0.4) is 0 Å². The third kappa shape index (κ3) is 2.86. The molecule has 2 aliphatic rings. The number of ether oxygens (including phenoxy) is 1. The van der Waals surface area contributed by atoms with E-state index in [0.717, 1.165) is 34.3 Å². The summed E-state index contributed by atoms with van der Waals surface area (Å²) in [7, 11) is 1.36. The fourth-order valence-corrected chi connectivity index (χ4v) is 3.24. The highest BCUT2D eigenvalue weighted by Crippen LogP contribution is 2.34. The molecule has 5 heteroatoms.